The molecule has 1 aromatic carbocycles. The quantitative estimate of drug-likeness (QED) is 0.581. The van der Waals surface area contributed by atoms with E-state index in [1.54, 1.807) is 38.6 Å². The third-order valence-electron chi connectivity index (χ3n) is 6.09. The van der Waals surface area contributed by atoms with E-state index < -0.39 is 11.5 Å². The van der Waals surface area contributed by atoms with E-state index in [2.05, 4.69) is 28.1 Å². The van der Waals surface area contributed by atoms with Crippen LogP contribution in [0.5, 0.6) is 0 Å². The molecule has 2 atom stereocenters. The normalized spacial score (nSPS) is 17.1. The highest BCUT2D eigenvalue weighted by Gasteiger charge is 2.38. The van der Waals surface area contributed by atoms with Gasteiger partial charge in [-0.3, -0.25) is 9.59 Å². The van der Waals surface area contributed by atoms with Crippen molar-refractivity contribution < 1.29 is 19.2 Å². The molecule has 2 aliphatic heterocycles. The number of rotatable bonds is 3. The van der Waals surface area contributed by atoms with Crippen LogP contribution in [-0.2, 0) is 5.60 Å². The van der Waals surface area contributed by atoms with Crippen molar-refractivity contribution in [2.45, 2.75) is 31.9 Å². The summed E-state index contributed by atoms with van der Waals surface area (Å²) in [5.74, 6) is 5.82. The molecule has 1 unspecified atom stereocenters. The van der Waals surface area contributed by atoms with Crippen LogP contribution in [0.15, 0.2) is 34.9 Å². The number of carbonyl (C=O) groups excluding carboxylic acids is 2. The van der Waals surface area contributed by atoms with E-state index >= 15 is 0 Å². The lowest BCUT2D eigenvalue weighted by Gasteiger charge is -2.26. The van der Waals surface area contributed by atoms with E-state index in [-0.39, 0.29) is 23.3 Å². The van der Waals surface area contributed by atoms with E-state index in [0.29, 0.717) is 29.3 Å². The van der Waals surface area contributed by atoms with Crippen molar-refractivity contribution in [3.05, 3.63) is 64.3 Å². The molecule has 2 aromatic heterocycles. The molecule has 0 saturated heterocycles. The highest BCUT2D eigenvalue weighted by atomic mass is 16.5. The zero-order valence-corrected chi connectivity index (χ0v) is 19.2. The van der Waals surface area contributed by atoms with Crippen LogP contribution in [0.4, 0.5) is 0 Å². The van der Waals surface area contributed by atoms with Crippen LogP contribution < -0.4 is 5.73 Å². The van der Waals surface area contributed by atoms with Gasteiger partial charge in [0.2, 0.25) is 0 Å². The minimum atomic E-state index is -1.50. The average Bonchev–Trinajstić information content (AvgIpc) is 3.30. The zero-order valence-electron chi connectivity index (χ0n) is 19.2. The van der Waals surface area contributed by atoms with Gasteiger partial charge in [0.1, 0.15) is 23.0 Å². The third kappa shape index (κ3) is 3.31. The molecule has 9 heteroatoms. The first kappa shape index (κ1) is 21.7. The van der Waals surface area contributed by atoms with Crippen LogP contribution in [0, 0.1) is 18.8 Å². The molecule has 3 aliphatic rings. The molecule has 34 heavy (non-hydrogen) atoms. The second-order valence-corrected chi connectivity index (χ2v) is 8.94. The number of nitrogens with zero attached hydrogens (tertiary/aromatic N) is 4. The fourth-order valence-corrected chi connectivity index (χ4v) is 4.26. The van der Waals surface area contributed by atoms with Crippen molar-refractivity contribution >= 4 is 17.4 Å². The van der Waals surface area contributed by atoms with Crippen LogP contribution in [0.25, 0.3) is 17.0 Å². The molecule has 0 radical (unpaired) electrons. The summed E-state index contributed by atoms with van der Waals surface area (Å²) in [5.41, 5.74) is 8.03. The molecular formula is C25H23N5O4. The van der Waals surface area contributed by atoms with Gasteiger partial charge in [0.15, 0.2) is 11.3 Å². The fourth-order valence-electron chi connectivity index (χ4n) is 4.26. The molecule has 9 nitrogen and oxygen atoms in total. The number of aliphatic hydroxyl groups is 1. The molecule has 3 N–H and O–H groups in total. The van der Waals surface area contributed by atoms with Crippen LogP contribution in [0.3, 0.4) is 0 Å². The summed E-state index contributed by atoms with van der Waals surface area (Å²) in [7, 11) is 3.24. The molecule has 6 rings (SSSR count). The number of allylic oxidation sites excluding steroid dienone is 2. The lowest BCUT2D eigenvalue weighted by molar-refractivity contribution is 0.0808. The largest absolute Gasteiger partial charge is 0.372 e. The van der Waals surface area contributed by atoms with Gasteiger partial charge in [0.05, 0.1) is 6.04 Å². The maximum Gasteiger partial charge on any atom is 0.272 e. The maximum atomic E-state index is 13.0. The monoisotopic (exact) mass is 457 g/mol. The number of primary amides is 1. The molecule has 4 heterocycles. The van der Waals surface area contributed by atoms with Crippen molar-refractivity contribution in [1.29, 1.82) is 0 Å². The van der Waals surface area contributed by atoms with Crippen molar-refractivity contribution in [2.75, 3.05) is 14.1 Å². The van der Waals surface area contributed by atoms with Crippen molar-refractivity contribution in [1.82, 2.24) is 19.6 Å². The van der Waals surface area contributed by atoms with Gasteiger partial charge in [-0.15, -0.1) is 0 Å². The van der Waals surface area contributed by atoms with E-state index in [1.165, 1.54) is 4.90 Å². The minimum Gasteiger partial charge on any atom is -0.372 e. The summed E-state index contributed by atoms with van der Waals surface area (Å²) in [6, 6.07) is 7.20. The summed E-state index contributed by atoms with van der Waals surface area (Å²) >= 11 is 0. The SMILES string of the molecule is Cc1cc([C@](C)(O)C#Cc2ccc3c(c2)-c2nc(C(N)=O)c(C(=O)N(C)C)n2C2C=C3C2)no1. The first-order valence-electron chi connectivity index (χ1n) is 10.8. The predicted octanol–water partition coefficient (Wildman–Crippen LogP) is 2.25. The van der Waals surface area contributed by atoms with Gasteiger partial charge in [0.25, 0.3) is 11.8 Å². The summed E-state index contributed by atoms with van der Waals surface area (Å²) in [6.07, 6.45) is 2.78. The molecule has 0 saturated carbocycles. The Morgan fingerprint density at radius 2 is 2.03 bits per heavy atom. The molecule has 0 fully saturated rings. The number of benzene rings is 1. The van der Waals surface area contributed by atoms with Crippen LogP contribution in [0.2, 0.25) is 0 Å². The smallest absolute Gasteiger partial charge is 0.272 e. The second-order valence-electron chi connectivity index (χ2n) is 8.94. The first-order valence-corrected chi connectivity index (χ1v) is 10.8. The average molecular weight is 457 g/mol. The number of imidazole rings is 1. The number of aromatic nitrogens is 3. The number of amides is 2. The predicted molar refractivity (Wildman–Crippen MR) is 124 cm³/mol. The molecular weight excluding hydrogens is 434 g/mol. The Balaban J connectivity index is 1.65. The van der Waals surface area contributed by atoms with Crippen molar-refractivity contribution in [2.24, 2.45) is 5.73 Å². The van der Waals surface area contributed by atoms with E-state index in [1.807, 2.05) is 18.2 Å². The minimum absolute atomic E-state index is 0.0516. The Bertz CT molecular complexity index is 1460. The van der Waals surface area contributed by atoms with Crippen molar-refractivity contribution in [3.63, 3.8) is 0 Å². The van der Waals surface area contributed by atoms with Gasteiger partial charge < -0.3 is 24.8 Å². The Morgan fingerprint density at radius 3 is 2.65 bits per heavy atom. The fraction of sp³-hybridized carbons (Fsp3) is 0.280. The number of nitrogens with two attached hydrogens (primary N) is 1. The van der Waals surface area contributed by atoms with E-state index in [0.717, 1.165) is 16.7 Å². The summed E-state index contributed by atoms with van der Waals surface area (Å²) in [6.45, 7) is 3.29. The highest BCUT2D eigenvalue weighted by molar-refractivity contribution is 6.06. The zero-order chi connectivity index (χ0) is 24.4. The van der Waals surface area contributed by atoms with Gasteiger partial charge >= 0.3 is 0 Å². The van der Waals surface area contributed by atoms with E-state index in [4.69, 9.17) is 10.3 Å². The maximum absolute atomic E-state index is 13.0. The number of hydrogen-bond donors (Lipinski definition) is 2. The van der Waals surface area contributed by atoms with Gasteiger partial charge in [0, 0.05) is 31.3 Å². The molecule has 1 aliphatic carbocycles. The standard InChI is InChI=1S/C25H23N5O4/c1-13-9-19(28-34-13)25(2,33)8-7-14-5-6-17-15-11-16(12-15)30-21(24(32)29(3)4)20(22(26)31)27-23(30)18(17)10-14/h5-6,9-11,16,33H,12H2,1-4H3,(H2,26,31)/t16?,25-/m1/s1. The van der Waals surface area contributed by atoms with Gasteiger partial charge in [-0.05, 0) is 43.5 Å². The number of carbonyl (C=O) groups is 2. The van der Waals surface area contributed by atoms with Crippen LogP contribution in [-0.4, -0.2) is 50.6 Å². The highest BCUT2D eigenvalue weighted by Crippen LogP contribution is 2.48. The van der Waals surface area contributed by atoms with Gasteiger partial charge in [-0.2, -0.15) is 0 Å². The summed E-state index contributed by atoms with van der Waals surface area (Å²) < 4.78 is 6.85. The third-order valence-corrected chi connectivity index (χ3v) is 6.09. The Kier molecular flexibility index (Phi) is 4.74. The lowest BCUT2D eigenvalue weighted by atomic mass is 9.86. The number of aryl methyl sites for hydroxylation is 1. The molecule has 172 valence electrons. The molecule has 0 spiro atoms. The first-order chi connectivity index (χ1) is 16.1. The van der Waals surface area contributed by atoms with E-state index in [9.17, 15) is 14.7 Å². The molecule has 2 amide bonds. The molecule has 2 bridgehead atoms. The Hall–Kier alpha value is -4.16. The topological polar surface area (TPSA) is 127 Å². The van der Waals surface area contributed by atoms with Gasteiger partial charge in [-0.25, -0.2) is 4.98 Å². The van der Waals surface area contributed by atoms with Gasteiger partial charge in [-0.1, -0.05) is 29.1 Å². The molecule has 3 aromatic rings. The van der Waals surface area contributed by atoms with Crippen LogP contribution in [0.1, 0.15) is 62.9 Å². The van der Waals surface area contributed by atoms with Crippen LogP contribution >= 0.6 is 0 Å². The Labute approximate surface area is 195 Å². The summed E-state index contributed by atoms with van der Waals surface area (Å²) in [5, 5.41) is 14.6. The Morgan fingerprint density at radius 1 is 1.29 bits per heavy atom. The lowest BCUT2D eigenvalue weighted by Crippen LogP contribution is -2.29. The number of hydrogen-bond acceptors (Lipinski definition) is 6. The summed E-state index contributed by atoms with van der Waals surface area (Å²) in [4.78, 5) is 31.1. The second kappa shape index (κ2) is 7.43. The van der Waals surface area contributed by atoms with Crippen molar-refractivity contribution in [3.8, 4) is 23.2 Å².